The van der Waals surface area contributed by atoms with Crippen LogP contribution in [0.25, 0.3) is 21.9 Å². The fraction of sp³-hybridized carbons (Fsp3) is 0.105. The van der Waals surface area contributed by atoms with Crippen LogP contribution in [0.1, 0.15) is 15.9 Å². The van der Waals surface area contributed by atoms with E-state index in [9.17, 15) is 4.79 Å². The Morgan fingerprint density at radius 3 is 2.43 bits per heavy atom. The molecule has 104 valence electrons. The van der Waals surface area contributed by atoms with Crippen LogP contribution < -0.4 is 4.74 Å². The van der Waals surface area contributed by atoms with E-state index in [1.807, 2.05) is 30.3 Å². The molecule has 0 saturated heterocycles. The number of carbonyl (C=O) groups excluding carboxylic acids is 1. The summed E-state index contributed by atoms with van der Waals surface area (Å²) in [6.45, 7) is 2.11. The summed E-state index contributed by atoms with van der Waals surface area (Å²) < 4.78 is 5.20. The molecule has 0 unspecified atom stereocenters. The maximum absolute atomic E-state index is 11.2. The first kappa shape index (κ1) is 13.4. The van der Waals surface area contributed by atoms with Gasteiger partial charge in [0, 0.05) is 0 Å². The van der Waals surface area contributed by atoms with Crippen LogP contribution >= 0.6 is 0 Å². The molecule has 0 atom stereocenters. The summed E-state index contributed by atoms with van der Waals surface area (Å²) in [5.74, 6) is 0.602. The third-order valence-corrected chi connectivity index (χ3v) is 3.81. The lowest BCUT2D eigenvalue weighted by molar-refractivity contribution is 0.112. The molecule has 0 fully saturated rings. The number of methoxy groups -OCH3 is 1. The quantitative estimate of drug-likeness (QED) is 0.652. The lowest BCUT2D eigenvalue weighted by atomic mass is 9.94. The molecular weight excluding hydrogens is 260 g/mol. The van der Waals surface area contributed by atoms with Crippen molar-refractivity contribution >= 4 is 17.1 Å². The second kappa shape index (κ2) is 5.41. The van der Waals surface area contributed by atoms with Crippen molar-refractivity contribution in [2.45, 2.75) is 6.92 Å². The molecule has 3 aromatic carbocycles. The van der Waals surface area contributed by atoms with Gasteiger partial charge in [0.05, 0.1) is 12.7 Å². The molecule has 0 N–H and O–H groups in total. The maximum Gasteiger partial charge on any atom is 0.153 e. The van der Waals surface area contributed by atoms with E-state index in [4.69, 9.17) is 4.74 Å². The Morgan fingerprint density at radius 1 is 0.952 bits per heavy atom. The summed E-state index contributed by atoms with van der Waals surface area (Å²) in [5, 5.41) is 2.43. The lowest BCUT2D eigenvalue weighted by Gasteiger charge is -2.11. The number of carbonyl (C=O) groups is 1. The minimum Gasteiger partial charge on any atom is -0.496 e. The van der Waals surface area contributed by atoms with Gasteiger partial charge in [-0.25, -0.2) is 0 Å². The zero-order valence-electron chi connectivity index (χ0n) is 12.1. The molecule has 0 amide bonds. The third-order valence-electron chi connectivity index (χ3n) is 3.81. The van der Waals surface area contributed by atoms with E-state index in [1.54, 1.807) is 7.11 Å². The van der Waals surface area contributed by atoms with Gasteiger partial charge in [0.2, 0.25) is 0 Å². The van der Waals surface area contributed by atoms with Crippen LogP contribution in [0.3, 0.4) is 0 Å². The normalized spacial score (nSPS) is 10.6. The maximum atomic E-state index is 11.2. The molecule has 0 spiro atoms. The first-order valence-corrected chi connectivity index (χ1v) is 6.86. The summed E-state index contributed by atoms with van der Waals surface area (Å²) >= 11 is 0. The third kappa shape index (κ3) is 2.29. The number of rotatable bonds is 3. The molecule has 2 heteroatoms. The van der Waals surface area contributed by atoms with Crippen molar-refractivity contribution in [3.05, 3.63) is 65.7 Å². The molecule has 0 radical (unpaired) electrons. The molecule has 21 heavy (non-hydrogen) atoms. The lowest BCUT2D eigenvalue weighted by Crippen LogP contribution is -1.92. The molecule has 0 bridgehead atoms. The van der Waals surface area contributed by atoms with Crippen LogP contribution in [0, 0.1) is 6.92 Å². The van der Waals surface area contributed by atoms with Crippen molar-refractivity contribution in [3.8, 4) is 16.9 Å². The van der Waals surface area contributed by atoms with Crippen molar-refractivity contribution in [2.75, 3.05) is 7.11 Å². The predicted molar refractivity (Wildman–Crippen MR) is 86.1 cm³/mol. The van der Waals surface area contributed by atoms with Gasteiger partial charge in [0.15, 0.2) is 6.29 Å². The first-order valence-electron chi connectivity index (χ1n) is 6.86. The van der Waals surface area contributed by atoms with Crippen molar-refractivity contribution in [1.82, 2.24) is 0 Å². The molecule has 0 aliphatic rings. The zero-order chi connectivity index (χ0) is 14.8. The van der Waals surface area contributed by atoms with Gasteiger partial charge in [-0.2, -0.15) is 0 Å². The number of hydrogen-bond donors (Lipinski definition) is 0. The van der Waals surface area contributed by atoms with E-state index in [1.165, 1.54) is 16.3 Å². The van der Waals surface area contributed by atoms with E-state index in [-0.39, 0.29) is 0 Å². The standard InChI is InChI=1S/C19H16O2/c1-13-7-9-17(18-6-4-3-5-16(13)18)14-8-10-19(21-2)15(11-14)12-20/h3-12H,1-2H3. The van der Waals surface area contributed by atoms with Crippen molar-refractivity contribution in [3.63, 3.8) is 0 Å². The van der Waals surface area contributed by atoms with Gasteiger partial charge in [-0.1, -0.05) is 42.5 Å². The Labute approximate surface area is 124 Å². The number of fused-ring (bicyclic) bond motifs is 1. The summed E-state index contributed by atoms with van der Waals surface area (Å²) in [4.78, 5) is 11.2. The molecule has 3 aromatic rings. The summed E-state index contributed by atoms with van der Waals surface area (Å²) in [5.41, 5.74) is 3.97. The summed E-state index contributed by atoms with van der Waals surface area (Å²) in [6, 6.07) is 18.2. The van der Waals surface area contributed by atoms with Crippen LogP contribution in [0.2, 0.25) is 0 Å². The van der Waals surface area contributed by atoms with Crippen LogP contribution in [0.5, 0.6) is 5.75 Å². The fourth-order valence-electron chi connectivity index (χ4n) is 2.70. The van der Waals surface area contributed by atoms with Crippen molar-refractivity contribution < 1.29 is 9.53 Å². The smallest absolute Gasteiger partial charge is 0.153 e. The Balaban J connectivity index is 2.26. The van der Waals surface area contributed by atoms with Crippen molar-refractivity contribution in [1.29, 1.82) is 0 Å². The highest BCUT2D eigenvalue weighted by Gasteiger charge is 2.08. The Kier molecular flexibility index (Phi) is 3.44. The van der Waals surface area contributed by atoms with Crippen LogP contribution in [0.4, 0.5) is 0 Å². The minimum atomic E-state index is 0.569. The SMILES string of the molecule is COc1ccc(-c2ccc(C)c3ccccc23)cc1C=O. The highest BCUT2D eigenvalue weighted by atomic mass is 16.5. The Hall–Kier alpha value is -2.61. The van der Waals surface area contributed by atoms with Gasteiger partial charge in [0.1, 0.15) is 5.75 Å². The van der Waals surface area contributed by atoms with E-state index in [0.717, 1.165) is 17.4 Å². The molecule has 0 aliphatic heterocycles. The van der Waals surface area contributed by atoms with Gasteiger partial charge < -0.3 is 4.74 Å². The molecule has 0 aliphatic carbocycles. The van der Waals surface area contributed by atoms with Crippen LogP contribution in [-0.2, 0) is 0 Å². The molecule has 0 aromatic heterocycles. The molecule has 0 heterocycles. The van der Waals surface area contributed by atoms with Gasteiger partial charge in [0.25, 0.3) is 0 Å². The van der Waals surface area contributed by atoms with Crippen LogP contribution in [-0.4, -0.2) is 13.4 Å². The number of aryl methyl sites for hydroxylation is 1. The zero-order valence-corrected chi connectivity index (χ0v) is 12.1. The fourth-order valence-corrected chi connectivity index (χ4v) is 2.70. The van der Waals surface area contributed by atoms with Crippen LogP contribution in [0.15, 0.2) is 54.6 Å². The van der Waals surface area contributed by atoms with Crippen molar-refractivity contribution in [2.24, 2.45) is 0 Å². The predicted octanol–water partition coefficient (Wildman–Crippen LogP) is 4.64. The highest BCUT2D eigenvalue weighted by molar-refractivity contribution is 5.99. The largest absolute Gasteiger partial charge is 0.496 e. The van der Waals surface area contributed by atoms with Gasteiger partial charge in [-0.15, -0.1) is 0 Å². The monoisotopic (exact) mass is 276 g/mol. The Morgan fingerprint density at radius 2 is 1.71 bits per heavy atom. The molecule has 2 nitrogen and oxygen atoms in total. The second-order valence-electron chi connectivity index (χ2n) is 5.05. The van der Waals surface area contributed by atoms with E-state index >= 15 is 0 Å². The van der Waals surface area contributed by atoms with Gasteiger partial charge in [-0.05, 0) is 46.5 Å². The number of ether oxygens (including phenoxy) is 1. The number of aldehydes is 1. The average molecular weight is 276 g/mol. The number of hydrogen-bond acceptors (Lipinski definition) is 2. The molecule has 3 rings (SSSR count). The molecular formula is C19H16O2. The second-order valence-corrected chi connectivity index (χ2v) is 5.05. The van der Waals surface area contributed by atoms with Gasteiger partial charge in [-0.3, -0.25) is 4.79 Å². The minimum absolute atomic E-state index is 0.569. The number of benzene rings is 3. The molecule has 0 saturated carbocycles. The van der Waals surface area contributed by atoms with Gasteiger partial charge >= 0.3 is 0 Å². The first-order chi connectivity index (χ1) is 10.2. The van der Waals surface area contributed by atoms with E-state index in [0.29, 0.717) is 11.3 Å². The highest BCUT2D eigenvalue weighted by Crippen LogP contribution is 2.32. The average Bonchev–Trinajstić information content (AvgIpc) is 2.55. The van der Waals surface area contributed by atoms with E-state index in [2.05, 4.69) is 31.2 Å². The summed E-state index contributed by atoms with van der Waals surface area (Å²) in [6.07, 6.45) is 0.832. The Bertz CT molecular complexity index is 819. The summed E-state index contributed by atoms with van der Waals surface area (Å²) in [7, 11) is 1.57. The topological polar surface area (TPSA) is 26.3 Å². The van der Waals surface area contributed by atoms with E-state index < -0.39 is 0 Å².